The molecule has 0 saturated heterocycles. The molecule has 0 spiro atoms. The van der Waals surface area contributed by atoms with Crippen molar-refractivity contribution >= 4 is 45.2 Å². The third-order valence-corrected chi connectivity index (χ3v) is 8.66. The summed E-state index contributed by atoms with van der Waals surface area (Å²) in [6, 6.07) is 4.34. The fraction of sp³-hybridized carbons (Fsp3) is 0.667. The maximum Gasteiger partial charge on any atom is 0.175 e. The van der Waals surface area contributed by atoms with Crippen molar-refractivity contribution in [3.8, 4) is 11.5 Å². The monoisotopic (exact) mass is 520 g/mol. The standard InChI is InChI=1S/C18H18I2O2/c19-9-4-12(20)18-13(5-9)21-16-10-6-11(17(16)22-18)15-8-2-1-7(3-8)14(10)15/h4-5,7-8,10-11,14-17H,1-3,6H2. The predicted molar refractivity (Wildman–Crippen MR) is 100 cm³/mol. The lowest BCUT2D eigenvalue weighted by atomic mass is 9.69. The molecule has 1 aliphatic heterocycles. The zero-order chi connectivity index (χ0) is 14.6. The van der Waals surface area contributed by atoms with E-state index in [0.29, 0.717) is 12.2 Å². The largest absolute Gasteiger partial charge is 0.482 e. The van der Waals surface area contributed by atoms with E-state index in [1.807, 2.05) is 0 Å². The van der Waals surface area contributed by atoms with Gasteiger partial charge in [0.25, 0.3) is 0 Å². The molecule has 6 rings (SSSR count). The molecule has 5 aliphatic rings. The molecule has 1 aromatic carbocycles. The summed E-state index contributed by atoms with van der Waals surface area (Å²) >= 11 is 4.77. The summed E-state index contributed by atoms with van der Waals surface area (Å²) < 4.78 is 15.5. The first-order chi connectivity index (χ1) is 10.7. The molecule has 4 aliphatic carbocycles. The van der Waals surface area contributed by atoms with E-state index >= 15 is 0 Å². The Morgan fingerprint density at radius 3 is 2.27 bits per heavy atom. The smallest absolute Gasteiger partial charge is 0.175 e. The number of hydrogen-bond acceptors (Lipinski definition) is 2. The second-order valence-corrected chi connectivity index (χ2v) is 10.3. The van der Waals surface area contributed by atoms with Gasteiger partial charge in [0.2, 0.25) is 0 Å². The van der Waals surface area contributed by atoms with Crippen LogP contribution in [0, 0.1) is 42.6 Å². The van der Waals surface area contributed by atoms with E-state index in [-0.39, 0.29) is 0 Å². The average Bonchev–Trinajstić information content (AvgIpc) is 3.23. The highest BCUT2D eigenvalue weighted by Crippen LogP contribution is 2.69. The molecule has 1 aromatic rings. The minimum Gasteiger partial charge on any atom is -0.482 e. The lowest BCUT2D eigenvalue weighted by molar-refractivity contribution is -0.0644. The Morgan fingerprint density at radius 1 is 0.864 bits per heavy atom. The van der Waals surface area contributed by atoms with Gasteiger partial charge < -0.3 is 9.47 Å². The molecule has 22 heavy (non-hydrogen) atoms. The van der Waals surface area contributed by atoms with Gasteiger partial charge in [0, 0.05) is 15.4 Å². The van der Waals surface area contributed by atoms with Crippen LogP contribution in [0.5, 0.6) is 11.5 Å². The highest BCUT2D eigenvalue weighted by molar-refractivity contribution is 14.1. The molecule has 4 saturated carbocycles. The predicted octanol–water partition coefficient (Wildman–Crippen LogP) is 4.72. The van der Waals surface area contributed by atoms with Crippen molar-refractivity contribution in [2.75, 3.05) is 0 Å². The Balaban J connectivity index is 1.42. The van der Waals surface area contributed by atoms with Gasteiger partial charge in [0.05, 0.1) is 3.57 Å². The summed E-state index contributed by atoms with van der Waals surface area (Å²) in [6.45, 7) is 0. The van der Waals surface area contributed by atoms with Crippen molar-refractivity contribution in [2.24, 2.45) is 35.5 Å². The van der Waals surface area contributed by atoms with Crippen molar-refractivity contribution in [3.05, 3.63) is 19.3 Å². The van der Waals surface area contributed by atoms with E-state index in [0.717, 1.165) is 47.0 Å². The second-order valence-electron chi connectivity index (χ2n) is 7.93. The molecule has 0 N–H and O–H groups in total. The van der Waals surface area contributed by atoms with Crippen LogP contribution in [0.2, 0.25) is 0 Å². The van der Waals surface area contributed by atoms with E-state index in [1.54, 1.807) is 0 Å². The Labute approximate surface area is 158 Å². The van der Waals surface area contributed by atoms with Gasteiger partial charge in [0.1, 0.15) is 12.2 Å². The molecule has 0 aromatic heterocycles. The summed E-state index contributed by atoms with van der Waals surface area (Å²) in [7, 11) is 0. The highest BCUT2D eigenvalue weighted by atomic mass is 127. The summed E-state index contributed by atoms with van der Waals surface area (Å²) in [6.07, 6.45) is 6.49. The van der Waals surface area contributed by atoms with Crippen molar-refractivity contribution in [1.29, 1.82) is 0 Å². The molecular formula is C18H18I2O2. The van der Waals surface area contributed by atoms with Crippen LogP contribution in [0.4, 0.5) is 0 Å². The molecule has 4 fully saturated rings. The first-order valence-electron chi connectivity index (χ1n) is 8.53. The molecule has 8 atom stereocenters. The van der Waals surface area contributed by atoms with Gasteiger partial charge in [-0.05, 0) is 107 Å². The van der Waals surface area contributed by atoms with Gasteiger partial charge in [-0.15, -0.1) is 0 Å². The number of rotatable bonds is 0. The Morgan fingerprint density at radius 2 is 1.55 bits per heavy atom. The molecule has 0 amide bonds. The number of hydrogen-bond donors (Lipinski definition) is 0. The van der Waals surface area contributed by atoms with E-state index in [2.05, 4.69) is 57.3 Å². The fourth-order valence-electron chi connectivity index (χ4n) is 6.80. The average molecular weight is 520 g/mol. The van der Waals surface area contributed by atoms with Crippen molar-refractivity contribution in [1.82, 2.24) is 0 Å². The van der Waals surface area contributed by atoms with Gasteiger partial charge in [-0.1, -0.05) is 0 Å². The molecule has 4 heteroatoms. The van der Waals surface area contributed by atoms with Crippen LogP contribution in [-0.4, -0.2) is 12.2 Å². The van der Waals surface area contributed by atoms with Crippen LogP contribution in [-0.2, 0) is 0 Å². The van der Waals surface area contributed by atoms with Crippen LogP contribution in [0.1, 0.15) is 25.7 Å². The zero-order valence-electron chi connectivity index (χ0n) is 12.2. The van der Waals surface area contributed by atoms with Crippen molar-refractivity contribution < 1.29 is 9.47 Å². The van der Waals surface area contributed by atoms with Gasteiger partial charge in [-0.25, -0.2) is 0 Å². The molecule has 8 unspecified atom stereocenters. The second kappa shape index (κ2) is 4.46. The number of halogens is 2. The van der Waals surface area contributed by atoms with Gasteiger partial charge in [0.15, 0.2) is 11.5 Å². The number of fused-ring (bicyclic) bond motifs is 13. The van der Waals surface area contributed by atoms with E-state index < -0.39 is 0 Å². The lowest BCUT2D eigenvalue weighted by Gasteiger charge is -2.45. The molecule has 0 radical (unpaired) electrons. The van der Waals surface area contributed by atoms with Gasteiger partial charge in [-0.3, -0.25) is 0 Å². The summed E-state index contributed by atoms with van der Waals surface area (Å²) in [5.41, 5.74) is 0. The topological polar surface area (TPSA) is 18.5 Å². The highest BCUT2D eigenvalue weighted by Gasteiger charge is 2.68. The van der Waals surface area contributed by atoms with E-state index in [9.17, 15) is 0 Å². The summed E-state index contributed by atoms with van der Waals surface area (Å²) in [4.78, 5) is 0. The minimum atomic E-state index is 0.326. The molecule has 116 valence electrons. The molecule has 1 heterocycles. The van der Waals surface area contributed by atoms with Crippen LogP contribution < -0.4 is 9.47 Å². The molecular weight excluding hydrogens is 502 g/mol. The first kappa shape index (κ1) is 13.6. The van der Waals surface area contributed by atoms with Crippen LogP contribution in [0.25, 0.3) is 0 Å². The van der Waals surface area contributed by atoms with E-state index in [1.165, 1.54) is 32.8 Å². The lowest BCUT2D eigenvalue weighted by Crippen LogP contribution is -2.51. The van der Waals surface area contributed by atoms with Gasteiger partial charge in [-0.2, -0.15) is 0 Å². The third kappa shape index (κ3) is 1.57. The van der Waals surface area contributed by atoms with Crippen molar-refractivity contribution in [3.63, 3.8) is 0 Å². The SMILES string of the molecule is Ic1cc(I)c2c(c1)OC1C3CC(C1O2)C1C2CCC(C2)C31. The zero-order valence-corrected chi connectivity index (χ0v) is 16.5. The third-order valence-electron chi connectivity index (χ3n) is 7.24. The molecule has 4 bridgehead atoms. The fourth-order valence-corrected chi connectivity index (χ4v) is 8.72. The van der Waals surface area contributed by atoms with Crippen molar-refractivity contribution in [2.45, 2.75) is 37.9 Å². The van der Waals surface area contributed by atoms with Crippen LogP contribution >= 0.6 is 45.2 Å². The first-order valence-corrected chi connectivity index (χ1v) is 10.7. The summed E-state index contributed by atoms with van der Waals surface area (Å²) in [5.74, 6) is 7.45. The Hall–Kier alpha value is 0.280. The summed E-state index contributed by atoms with van der Waals surface area (Å²) in [5, 5.41) is 0. The van der Waals surface area contributed by atoms with Crippen LogP contribution in [0.15, 0.2) is 12.1 Å². The maximum absolute atomic E-state index is 6.56. The molecule has 2 nitrogen and oxygen atoms in total. The maximum atomic E-state index is 6.56. The van der Waals surface area contributed by atoms with E-state index in [4.69, 9.17) is 9.47 Å². The Bertz CT molecular complexity index is 675. The minimum absolute atomic E-state index is 0.326. The Kier molecular flexibility index (Phi) is 2.75. The number of benzene rings is 1. The normalized spacial score (nSPS) is 49.4. The quantitative estimate of drug-likeness (QED) is 0.365. The van der Waals surface area contributed by atoms with Crippen LogP contribution in [0.3, 0.4) is 0 Å². The number of ether oxygens (including phenoxy) is 2. The van der Waals surface area contributed by atoms with Gasteiger partial charge >= 0.3 is 0 Å².